The third-order valence-electron chi connectivity index (χ3n) is 3.85. The van der Waals surface area contributed by atoms with Gasteiger partial charge in [-0.1, -0.05) is 24.3 Å². The molecule has 28 heavy (non-hydrogen) atoms. The summed E-state index contributed by atoms with van der Waals surface area (Å²) in [5.74, 6) is -0.116. The first-order valence-corrected chi connectivity index (χ1v) is 8.28. The molecule has 3 aromatic rings. The molecule has 1 heterocycles. The van der Waals surface area contributed by atoms with Crippen molar-refractivity contribution in [2.75, 3.05) is 10.6 Å². The molecule has 0 saturated heterocycles. The topological polar surface area (TPSA) is 97.4 Å². The van der Waals surface area contributed by atoms with E-state index in [1.165, 1.54) is 24.3 Å². The standard InChI is InChI=1S/C20H14F2N6/c21-15-5-1-13(2-6-15)11-25-19-20(28-18(10-24)17(9-23)27-19)26-12-14-3-7-16(22)8-4-14/h1-8H,11-12H2,(H,25,27)(H,26,28). The second-order valence-electron chi connectivity index (χ2n) is 5.80. The molecule has 138 valence electrons. The Hall–Kier alpha value is -4.04. The van der Waals surface area contributed by atoms with Crippen LogP contribution in [0.5, 0.6) is 0 Å². The van der Waals surface area contributed by atoms with E-state index in [1.54, 1.807) is 24.3 Å². The molecule has 0 radical (unpaired) electrons. The number of benzene rings is 2. The van der Waals surface area contributed by atoms with Gasteiger partial charge in [0.25, 0.3) is 0 Å². The van der Waals surface area contributed by atoms with Crippen LogP contribution in [0.4, 0.5) is 20.4 Å². The molecular formula is C20H14F2N6. The summed E-state index contributed by atoms with van der Waals surface area (Å²) in [5.41, 5.74) is 1.40. The Morgan fingerprint density at radius 2 is 1.04 bits per heavy atom. The lowest BCUT2D eigenvalue weighted by Crippen LogP contribution is -2.11. The lowest BCUT2D eigenvalue weighted by atomic mass is 10.2. The van der Waals surface area contributed by atoms with Gasteiger partial charge in [0.05, 0.1) is 0 Å². The monoisotopic (exact) mass is 376 g/mol. The molecule has 0 bridgehead atoms. The van der Waals surface area contributed by atoms with Crippen LogP contribution in [0.15, 0.2) is 48.5 Å². The van der Waals surface area contributed by atoms with Crippen molar-refractivity contribution in [2.24, 2.45) is 0 Å². The molecule has 0 aliphatic carbocycles. The largest absolute Gasteiger partial charge is 0.363 e. The predicted octanol–water partition coefficient (Wildman–Crippen LogP) is 3.72. The van der Waals surface area contributed by atoms with Crippen LogP contribution in [-0.2, 0) is 13.1 Å². The highest BCUT2D eigenvalue weighted by molar-refractivity contribution is 5.62. The minimum absolute atomic E-state index is 0.101. The molecule has 6 nitrogen and oxygen atoms in total. The number of nitrogens with zero attached hydrogens (tertiary/aromatic N) is 4. The van der Waals surface area contributed by atoms with Crippen molar-refractivity contribution in [3.05, 3.63) is 82.7 Å². The SMILES string of the molecule is N#Cc1nc(NCc2ccc(F)cc2)c(NCc2ccc(F)cc2)nc1C#N. The smallest absolute Gasteiger partial charge is 0.179 e. The minimum Gasteiger partial charge on any atom is -0.363 e. The molecule has 8 heteroatoms. The van der Waals surface area contributed by atoms with E-state index < -0.39 is 0 Å². The van der Waals surface area contributed by atoms with E-state index in [2.05, 4.69) is 20.6 Å². The van der Waals surface area contributed by atoms with Gasteiger partial charge in [-0.05, 0) is 35.4 Å². The fraction of sp³-hybridized carbons (Fsp3) is 0.100. The summed E-state index contributed by atoms with van der Waals surface area (Å²) in [4.78, 5) is 8.33. The zero-order valence-corrected chi connectivity index (χ0v) is 14.6. The van der Waals surface area contributed by atoms with Crippen molar-refractivity contribution < 1.29 is 8.78 Å². The zero-order chi connectivity index (χ0) is 19.9. The highest BCUT2D eigenvalue weighted by Gasteiger charge is 2.13. The summed E-state index contributed by atoms with van der Waals surface area (Å²) in [6, 6.07) is 15.5. The molecule has 0 aliphatic rings. The van der Waals surface area contributed by atoms with Gasteiger partial charge in [0, 0.05) is 13.1 Å². The summed E-state index contributed by atoms with van der Waals surface area (Å²) in [6.07, 6.45) is 0. The number of aromatic nitrogens is 2. The molecule has 2 N–H and O–H groups in total. The van der Waals surface area contributed by atoms with Gasteiger partial charge in [0.15, 0.2) is 23.0 Å². The number of rotatable bonds is 6. The number of halogens is 2. The third-order valence-corrected chi connectivity index (χ3v) is 3.85. The van der Waals surface area contributed by atoms with Gasteiger partial charge in [-0.15, -0.1) is 0 Å². The first kappa shape index (κ1) is 18.7. The number of hydrogen-bond acceptors (Lipinski definition) is 6. The molecule has 0 unspecified atom stereocenters. The predicted molar refractivity (Wildman–Crippen MR) is 98.9 cm³/mol. The van der Waals surface area contributed by atoms with E-state index in [1.807, 2.05) is 12.1 Å². The maximum Gasteiger partial charge on any atom is 0.179 e. The Labute approximate surface area is 160 Å². The van der Waals surface area contributed by atoms with Crippen molar-refractivity contribution >= 4 is 11.6 Å². The Balaban J connectivity index is 1.83. The summed E-state index contributed by atoms with van der Waals surface area (Å²) in [5, 5.41) is 24.5. The Kier molecular flexibility index (Phi) is 5.73. The van der Waals surface area contributed by atoms with Crippen LogP contribution in [0.2, 0.25) is 0 Å². The molecule has 0 fully saturated rings. The highest BCUT2D eigenvalue weighted by atomic mass is 19.1. The number of anilines is 2. The molecular weight excluding hydrogens is 362 g/mol. The Morgan fingerprint density at radius 3 is 1.36 bits per heavy atom. The lowest BCUT2D eigenvalue weighted by molar-refractivity contribution is 0.626. The van der Waals surface area contributed by atoms with Gasteiger partial charge >= 0.3 is 0 Å². The van der Waals surface area contributed by atoms with E-state index >= 15 is 0 Å². The third kappa shape index (κ3) is 4.57. The first-order valence-electron chi connectivity index (χ1n) is 8.28. The van der Waals surface area contributed by atoms with Gasteiger partial charge in [0.2, 0.25) is 0 Å². The maximum absolute atomic E-state index is 13.0. The normalized spacial score (nSPS) is 10.0. The average Bonchev–Trinajstić information content (AvgIpc) is 2.72. The second kappa shape index (κ2) is 8.56. The Morgan fingerprint density at radius 1 is 0.679 bits per heavy atom. The van der Waals surface area contributed by atoms with Gasteiger partial charge in [-0.25, -0.2) is 18.7 Å². The van der Waals surface area contributed by atoms with Crippen LogP contribution in [0.25, 0.3) is 0 Å². The van der Waals surface area contributed by atoms with Gasteiger partial charge in [-0.2, -0.15) is 10.5 Å². The zero-order valence-electron chi connectivity index (χ0n) is 14.6. The van der Waals surface area contributed by atoms with Crippen molar-refractivity contribution in [1.82, 2.24) is 9.97 Å². The van der Waals surface area contributed by atoms with Gasteiger partial charge < -0.3 is 10.6 Å². The second-order valence-corrected chi connectivity index (χ2v) is 5.80. The fourth-order valence-electron chi connectivity index (χ4n) is 2.41. The van der Waals surface area contributed by atoms with Crippen LogP contribution >= 0.6 is 0 Å². The summed E-state index contributed by atoms with van der Waals surface area (Å²) < 4.78 is 26.1. The van der Waals surface area contributed by atoms with Gasteiger partial charge in [0.1, 0.15) is 23.8 Å². The van der Waals surface area contributed by atoms with Crippen LogP contribution in [0.1, 0.15) is 22.5 Å². The molecule has 1 aromatic heterocycles. The molecule has 0 spiro atoms. The van der Waals surface area contributed by atoms with E-state index in [-0.39, 0.29) is 34.7 Å². The fourth-order valence-corrected chi connectivity index (χ4v) is 2.41. The highest BCUT2D eigenvalue weighted by Crippen LogP contribution is 2.21. The molecule has 0 saturated carbocycles. The molecule has 0 amide bonds. The summed E-state index contributed by atoms with van der Waals surface area (Å²) >= 11 is 0. The van der Waals surface area contributed by atoms with E-state index in [9.17, 15) is 19.3 Å². The van der Waals surface area contributed by atoms with Crippen molar-refractivity contribution in [3.8, 4) is 12.1 Å². The van der Waals surface area contributed by atoms with Crippen LogP contribution in [0.3, 0.4) is 0 Å². The average molecular weight is 376 g/mol. The van der Waals surface area contributed by atoms with Crippen LogP contribution < -0.4 is 10.6 Å². The van der Waals surface area contributed by atoms with Crippen molar-refractivity contribution in [1.29, 1.82) is 10.5 Å². The number of hydrogen-bond donors (Lipinski definition) is 2. The summed E-state index contributed by atoms with van der Waals surface area (Å²) in [7, 11) is 0. The Bertz CT molecular complexity index is 964. The van der Waals surface area contributed by atoms with Crippen molar-refractivity contribution in [2.45, 2.75) is 13.1 Å². The van der Waals surface area contributed by atoms with Crippen LogP contribution in [-0.4, -0.2) is 9.97 Å². The van der Waals surface area contributed by atoms with E-state index in [0.717, 1.165) is 11.1 Å². The molecule has 0 aliphatic heterocycles. The molecule has 3 rings (SSSR count). The lowest BCUT2D eigenvalue weighted by Gasteiger charge is -2.13. The quantitative estimate of drug-likeness (QED) is 0.680. The summed E-state index contributed by atoms with van der Waals surface area (Å²) in [6.45, 7) is 0.633. The maximum atomic E-state index is 13.0. The first-order chi connectivity index (χ1) is 13.6. The number of nitriles is 2. The molecule has 2 aromatic carbocycles. The van der Waals surface area contributed by atoms with Crippen molar-refractivity contribution in [3.63, 3.8) is 0 Å². The van der Waals surface area contributed by atoms with Crippen LogP contribution in [0, 0.1) is 34.3 Å². The number of nitrogens with one attached hydrogen (secondary N) is 2. The van der Waals surface area contributed by atoms with E-state index in [0.29, 0.717) is 13.1 Å². The molecule has 0 atom stereocenters. The van der Waals surface area contributed by atoms with E-state index in [4.69, 9.17) is 0 Å². The minimum atomic E-state index is -0.338. The van der Waals surface area contributed by atoms with Gasteiger partial charge in [-0.3, -0.25) is 0 Å².